The van der Waals surface area contributed by atoms with E-state index in [0.717, 1.165) is 25.7 Å². The Hall–Kier alpha value is -2.76. The zero-order valence-corrected chi connectivity index (χ0v) is 25.8. The van der Waals surface area contributed by atoms with Crippen molar-refractivity contribution in [2.45, 2.75) is 64.5 Å². The van der Waals surface area contributed by atoms with Crippen molar-refractivity contribution in [1.29, 1.82) is 0 Å². The number of carbonyl (C=O) groups excluding carboxylic acids is 4. The summed E-state index contributed by atoms with van der Waals surface area (Å²) < 4.78 is 31.2. The predicted octanol–water partition coefficient (Wildman–Crippen LogP) is 0.684. The van der Waals surface area contributed by atoms with Gasteiger partial charge in [0.05, 0.1) is 73.6 Å². The Kier molecular flexibility index (Phi) is 25.3. The highest BCUT2D eigenvalue weighted by atomic mass is 16.6. The van der Waals surface area contributed by atoms with Crippen molar-refractivity contribution in [2.75, 3.05) is 86.7 Å². The van der Waals surface area contributed by atoms with Gasteiger partial charge in [-0.25, -0.2) is 9.59 Å². The molecular weight excluding hydrogens is 550 g/mol. The Morgan fingerprint density at radius 3 is 1.48 bits per heavy atom. The Labute approximate surface area is 250 Å². The van der Waals surface area contributed by atoms with Crippen LogP contribution >= 0.6 is 0 Å². The number of esters is 2. The number of nitrogens with zero attached hydrogens (tertiary/aromatic N) is 1. The molecule has 2 N–H and O–H groups in total. The number of carbonyl (C=O) groups is 4. The molecule has 242 valence electrons. The Morgan fingerprint density at radius 2 is 1.10 bits per heavy atom. The molecule has 2 amide bonds. The van der Waals surface area contributed by atoms with Crippen LogP contribution in [0.15, 0.2) is 0 Å². The zero-order chi connectivity index (χ0) is 31.4. The van der Waals surface area contributed by atoms with Crippen molar-refractivity contribution < 1.29 is 47.6 Å². The van der Waals surface area contributed by atoms with Crippen LogP contribution < -0.4 is 10.6 Å². The summed E-state index contributed by atoms with van der Waals surface area (Å²) in [6.45, 7) is 6.67. The number of rotatable bonds is 27. The lowest BCUT2D eigenvalue weighted by Crippen LogP contribution is -2.50. The first-order valence-electron chi connectivity index (χ1n) is 14.5. The van der Waals surface area contributed by atoms with E-state index in [0.29, 0.717) is 52.5 Å². The maximum atomic E-state index is 12.8. The van der Waals surface area contributed by atoms with Gasteiger partial charge < -0.3 is 39.1 Å². The van der Waals surface area contributed by atoms with Gasteiger partial charge in [-0.2, -0.15) is 0 Å². The smallest absolute Gasteiger partial charge is 0.328 e. The molecule has 0 spiro atoms. The molecule has 0 heterocycles. The first-order valence-corrected chi connectivity index (χ1v) is 14.5. The second-order valence-corrected chi connectivity index (χ2v) is 9.38. The van der Waals surface area contributed by atoms with Gasteiger partial charge in [-0.1, -0.05) is 45.5 Å². The minimum absolute atomic E-state index is 0.160. The highest BCUT2D eigenvalue weighted by Crippen LogP contribution is 2.05. The molecule has 0 fully saturated rings. The van der Waals surface area contributed by atoms with E-state index in [1.165, 1.54) is 14.2 Å². The molecule has 42 heavy (non-hydrogen) atoms. The Balaban J connectivity index is 4.85. The van der Waals surface area contributed by atoms with E-state index in [1.807, 2.05) is 13.8 Å². The lowest BCUT2D eigenvalue weighted by Gasteiger charge is -2.24. The second kappa shape index (κ2) is 27.1. The maximum Gasteiger partial charge on any atom is 0.328 e. The van der Waals surface area contributed by atoms with Crippen LogP contribution in [0.5, 0.6) is 0 Å². The van der Waals surface area contributed by atoms with Crippen LogP contribution in [0.2, 0.25) is 0 Å². The topological polar surface area (TPSA) is 151 Å². The Morgan fingerprint density at radius 1 is 0.690 bits per heavy atom. The quantitative estimate of drug-likeness (QED) is 0.0777. The fourth-order valence-electron chi connectivity index (χ4n) is 3.68. The number of amides is 2. The van der Waals surface area contributed by atoms with Crippen LogP contribution in [-0.4, -0.2) is 127 Å². The van der Waals surface area contributed by atoms with Gasteiger partial charge in [0, 0.05) is 6.54 Å². The van der Waals surface area contributed by atoms with Crippen molar-refractivity contribution in [3.05, 3.63) is 0 Å². The van der Waals surface area contributed by atoms with E-state index in [2.05, 4.69) is 16.6 Å². The van der Waals surface area contributed by atoms with Crippen molar-refractivity contribution >= 4 is 23.8 Å². The fourth-order valence-corrected chi connectivity index (χ4v) is 3.68. The summed E-state index contributed by atoms with van der Waals surface area (Å²) in [5.74, 6) is 0.463. The number of nitrogens with one attached hydrogen (secondary N) is 2. The van der Waals surface area contributed by atoms with Crippen molar-refractivity contribution in [3.8, 4) is 12.3 Å². The second-order valence-electron chi connectivity index (χ2n) is 9.38. The monoisotopic (exact) mass is 601 g/mol. The lowest BCUT2D eigenvalue weighted by molar-refractivity contribution is -0.145. The van der Waals surface area contributed by atoms with E-state index in [1.54, 1.807) is 4.90 Å². The molecule has 0 saturated carbocycles. The molecule has 0 aromatic rings. The van der Waals surface area contributed by atoms with Gasteiger partial charge in [-0.3, -0.25) is 14.5 Å². The molecule has 0 aliphatic heterocycles. The third-order valence-corrected chi connectivity index (χ3v) is 5.92. The van der Waals surface area contributed by atoms with Crippen molar-refractivity contribution in [1.82, 2.24) is 15.5 Å². The largest absolute Gasteiger partial charge is 0.467 e. The number of methoxy groups -OCH3 is 2. The summed E-state index contributed by atoms with van der Waals surface area (Å²) >= 11 is 0. The molecule has 13 heteroatoms. The summed E-state index contributed by atoms with van der Waals surface area (Å²) in [5.41, 5.74) is 0. The third kappa shape index (κ3) is 21.0. The maximum absolute atomic E-state index is 12.8. The van der Waals surface area contributed by atoms with Gasteiger partial charge in [-0.05, 0) is 12.8 Å². The number of unbranched alkanes of at least 4 members (excludes halogenated alkanes) is 2. The molecule has 0 aliphatic carbocycles. The number of ether oxygens (including phenoxy) is 6. The van der Waals surface area contributed by atoms with Gasteiger partial charge in [0.25, 0.3) is 0 Å². The van der Waals surface area contributed by atoms with Crippen LogP contribution in [-0.2, 0) is 47.6 Å². The predicted molar refractivity (Wildman–Crippen MR) is 155 cm³/mol. The van der Waals surface area contributed by atoms with Crippen LogP contribution in [0.4, 0.5) is 0 Å². The Bertz CT molecular complexity index is 746. The van der Waals surface area contributed by atoms with Gasteiger partial charge in [0.2, 0.25) is 11.8 Å². The summed E-state index contributed by atoms with van der Waals surface area (Å²) in [7, 11) is 2.54. The zero-order valence-electron chi connectivity index (χ0n) is 25.8. The minimum Gasteiger partial charge on any atom is -0.467 e. The first kappa shape index (κ1) is 39.2. The average Bonchev–Trinajstić information content (AvgIpc) is 2.98. The highest BCUT2D eigenvalue weighted by Gasteiger charge is 2.25. The van der Waals surface area contributed by atoms with Crippen LogP contribution in [0, 0.1) is 12.3 Å². The highest BCUT2D eigenvalue weighted by molar-refractivity contribution is 5.87. The molecule has 0 aliphatic rings. The lowest BCUT2D eigenvalue weighted by atomic mass is 10.1. The first-order chi connectivity index (χ1) is 20.3. The summed E-state index contributed by atoms with van der Waals surface area (Å²) in [6, 6.07) is -1.55. The molecule has 0 saturated heterocycles. The molecular formula is C29H51N3O10. The number of hydrogen-bond acceptors (Lipinski definition) is 11. The third-order valence-electron chi connectivity index (χ3n) is 5.92. The standard InChI is InChI=1S/C29H51N3O10/c1-6-9-11-24(28(35)37-4)30-26(33)22-32(23-27(34)31-25(12-10-7-2)29(36)38-5)13-15-40-17-19-42-21-20-41-18-16-39-14-8-3/h3,24-25H,6-7,9-23H2,1-2,4-5H3,(H,30,33)(H,31,34)/t24-,25-/m0/s1. The molecule has 0 unspecified atom stereocenters. The van der Waals surface area contributed by atoms with Crippen LogP contribution in [0.25, 0.3) is 0 Å². The fraction of sp³-hybridized carbons (Fsp3) is 0.793. The minimum atomic E-state index is -0.774. The molecule has 13 nitrogen and oxygen atoms in total. The van der Waals surface area contributed by atoms with E-state index in [-0.39, 0.29) is 32.8 Å². The van der Waals surface area contributed by atoms with Gasteiger partial charge in [-0.15, -0.1) is 6.42 Å². The summed E-state index contributed by atoms with van der Waals surface area (Å²) in [4.78, 5) is 51.5. The molecule has 0 aromatic carbocycles. The van der Waals surface area contributed by atoms with Gasteiger partial charge in [0.1, 0.15) is 18.7 Å². The van der Waals surface area contributed by atoms with E-state index in [4.69, 9.17) is 34.8 Å². The molecule has 0 aromatic heterocycles. The van der Waals surface area contributed by atoms with Crippen molar-refractivity contribution in [3.63, 3.8) is 0 Å². The van der Waals surface area contributed by atoms with Crippen molar-refractivity contribution in [2.24, 2.45) is 0 Å². The van der Waals surface area contributed by atoms with E-state index < -0.39 is 35.8 Å². The van der Waals surface area contributed by atoms with E-state index in [9.17, 15) is 19.2 Å². The normalized spacial score (nSPS) is 12.3. The van der Waals surface area contributed by atoms with Gasteiger partial charge in [0.15, 0.2) is 0 Å². The van der Waals surface area contributed by atoms with Crippen LogP contribution in [0.1, 0.15) is 52.4 Å². The average molecular weight is 602 g/mol. The molecule has 0 radical (unpaired) electrons. The molecule has 2 atom stereocenters. The molecule has 0 rings (SSSR count). The summed E-state index contributed by atoms with van der Waals surface area (Å²) in [6.07, 6.45) is 9.17. The number of terminal acetylenes is 1. The SMILES string of the molecule is C#CCOCCOCCOCCOCCN(CC(=O)N[C@@H](CCCC)C(=O)OC)CC(=O)N[C@@H](CCCC)C(=O)OC. The molecule has 0 bridgehead atoms. The van der Waals surface area contributed by atoms with Gasteiger partial charge >= 0.3 is 11.9 Å². The van der Waals surface area contributed by atoms with E-state index >= 15 is 0 Å². The van der Waals surface area contributed by atoms with Crippen LogP contribution in [0.3, 0.4) is 0 Å². The number of hydrogen-bond donors (Lipinski definition) is 2. The summed E-state index contributed by atoms with van der Waals surface area (Å²) in [5, 5.41) is 5.40.